The first kappa shape index (κ1) is 11.8. The van der Waals surface area contributed by atoms with Crippen LogP contribution in [-0.2, 0) is 12.8 Å². The largest absolute Gasteiger partial charge is 0.363 e. The Labute approximate surface area is 104 Å². The number of nitrogen functional groups attached to an aromatic ring is 1. The molecule has 2 rings (SSSR count). The fourth-order valence-electron chi connectivity index (χ4n) is 1.33. The van der Waals surface area contributed by atoms with E-state index in [0.29, 0.717) is 5.82 Å². The molecule has 0 aliphatic carbocycles. The number of hydrogen-bond donors (Lipinski definition) is 1. The number of aryl methyl sites for hydroxylation is 2. The van der Waals surface area contributed by atoms with E-state index < -0.39 is 0 Å². The summed E-state index contributed by atoms with van der Waals surface area (Å²) >= 11 is 1.55. The molecule has 0 saturated heterocycles. The highest BCUT2D eigenvalue weighted by Gasteiger charge is 2.12. The Morgan fingerprint density at radius 2 is 2.06 bits per heavy atom. The molecule has 2 aromatic heterocycles. The van der Waals surface area contributed by atoms with Gasteiger partial charge in [-0.3, -0.25) is 0 Å². The topological polar surface area (TPSA) is 68.6 Å². The van der Waals surface area contributed by atoms with Crippen LogP contribution in [0.4, 0.5) is 5.82 Å². The van der Waals surface area contributed by atoms with Crippen LogP contribution in [0.1, 0.15) is 11.4 Å². The molecule has 2 heterocycles. The van der Waals surface area contributed by atoms with Crippen molar-refractivity contribution in [1.29, 1.82) is 0 Å². The average molecular weight is 248 g/mol. The van der Waals surface area contributed by atoms with Crippen LogP contribution < -0.4 is 10.3 Å². The maximum atomic E-state index is 5.88. The van der Waals surface area contributed by atoms with Crippen LogP contribution in [0, 0.1) is 6.92 Å². The van der Waals surface area contributed by atoms with Gasteiger partial charge in [0.25, 0.3) is 5.82 Å². The normalized spacial score (nSPS) is 10.5. The van der Waals surface area contributed by atoms with Gasteiger partial charge in [0.05, 0.1) is 12.6 Å². The quantitative estimate of drug-likeness (QED) is 0.496. The molecular formula is C11H14N5S+. The third kappa shape index (κ3) is 2.91. The maximum absolute atomic E-state index is 5.88. The van der Waals surface area contributed by atoms with Gasteiger partial charge in [-0.25, -0.2) is 14.5 Å². The highest BCUT2D eigenvalue weighted by molar-refractivity contribution is 7.98. The van der Waals surface area contributed by atoms with Crippen molar-refractivity contribution in [2.45, 2.75) is 17.8 Å². The Morgan fingerprint density at radius 1 is 1.35 bits per heavy atom. The second-order valence-corrected chi connectivity index (χ2v) is 4.57. The molecule has 88 valence electrons. The lowest BCUT2D eigenvalue weighted by Gasteiger charge is -2.02. The lowest BCUT2D eigenvalue weighted by molar-refractivity contribution is -0.681. The van der Waals surface area contributed by atoms with Crippen LogP contribution >= 0.6 is 11.8 Å². The van der Waals surface area contributed by atoms with Crippen LogP contribution in [-0.4, -0.2) is 15.0 Å². The highest BCUT2D eigenvalue weighted by atomic mass is 32.2. The number of rotatable bonds is 3. The third-order valence-corrected chi connectivity index (χ3v) is 3.29. The molecule has 0 atom stereocenters. The molecule has 0 radical (unpaired) electrons. The smallest absolute Gasteiger partial charge is 0.297 e. The zero-order valence-corrected chi connectivity index (χ0v) is 10.6. The predicted octanol–water partition coefficient (Wildman–Crippen LogP) is 0.879. The van der Waals surface area contributed by atoms with Gasteiger partial charge in [0.15, 0.2) is 5.16 Å². The minimum absolute atomic E-state index is 0.573. The SMILES string of the molecule is Cc1nc(N)c(CSc2ncccn2)c[n+]1C. The second-order valence-electron chi connectivity index (χ2n) is 3.63. The summed E-state index contributed by atoms with van der Waals surface area (Å²) < 4.78 is 1.96. The van der Waals surface area contributed by atoms with Crippen LogP contribution in [0.2, 0.25) is 0 Å². The standard InChI is InChI=1S/C11H13N5S/c1-8-15-10(12)9(6-16(8)2)7-17-11-13-4-3-5-14-11/h3-6,12H,7H2,1-2H3/p+1. The van der Waals surface area contributed by atoms with E-state index in [4.69, 9.17) is 5.73 Å². The molecule has 0 bridgehead atoms. The first-order chi connectivity index (χ1) is 8.16. The summed E-state index contributed by atoms with van der Waals surface area (Å²) in [5, 5.41) is 0.745. The predicted molar refractivity (Wildman–Crippen MR) is 66.2 cm³/mol. The minimum atomic E-state index is 0.573. The number of thioether (sulfide) groups is 1. The number of nitrogens with two attached hydrogens (primary N) is 1. The Hall–Kier alpha value is -1.69. The van der Waals surface area contributed by atoms with Crippen molar-refractivity contribution >= 4 is 17.6 Å². The molecule has 17 heavy (non-hydrogen) atoms. The average Bonchev–Trinajstić information content (AvgIpc) is 2.33. The van der Waals surface area contributed by atoms with Crippen molar-refractivity contribution in [3.63, 3.8) is 0 Å². The van der Waals surface area contributed by atoms with Crippen LogP contribution in [0.5, 0.6) is 0 Å². The van der Waals surface area contributed by atoms with E-state index in [-0.39, 0.29) is 0 Å². The number of hydrogen-bond acceptors (Lipinski definition) is 5. The molecule has 0 aliphatic heterocycles. The summed E-state index contributed by atoms with van der Waals surface area (Å²) in [5.41, 5.74) is 6.87. The lowest BCUT2D eigenvalue weighted by atomic mass is 10.3. The molecule has 5 nitrogen and oxygen atoms in total. The number of nitrogens with zero attached hydrogens (tertiary/aromatic N) is 4. The van der Waals surface area contributed by atoms with Gasteiger partial charge in [-0.15, -0.1) is 0 Å². The zero-order chi connectivity index (χ0) is 12.3. The number of anilines is 1. The maximum Gasteiger partial charge on any atom is 0.297 e. The molecule has 0 unspecified atom stereocenters. The van der Waals surface area contributed by atoms with E-state index in [1.54, 1.807) is 30.2 Å². The molecular weight excluding hydrogens is 234 g/mol. The lowest BCUT2D eigenvalue weighted by Crippen LogP contribution is -2.34. The summed E-state index contributed by atoms with van der Waals surface area (Å²) in [6.45, 7) is 1.92. The van der Waals surface area contributed by atoms with Crippen molar-refractivity contribution in [3.8, 4) is 0 Å². The van der Waals surface area contributed by atoms with Gasteiger partial charge in [0.2, 0.25) is 5.82 Å². The molecule has 0 aromatic carbocycles. The zero-order valence-electron chi connectivity index (χ0n) is 9.79. The van der Waals surface area contributed by atoms with Crippen molar-refractivity contribution < 1.29 is 4.57 Å². The Bertz CT molecular complexity index is 515. The first-order valence-corrected chi connectivity index (χ1v) is 6.17. The van der Waals surface area contributed by atoms with E-state index in [2.05, 4.69) is 15.0 Å². The van der Waals surface area contributed by atoms with Crippen molar-refractivity contribution in [2.24, 2.45) is 7.05 Å². The van der Waals surface area contributed by atoms with E-state index in [9.17, 15) is 0 Å². The summed E-state index contributed by atoms with van der Waals surface area (Å²) in [6, 6.07) is 1.80. The number of aromatic nitrogens is 4. The Morgan fingerprint density at radius 3 is 2.76 bits per heavy atom. The Balaban J connectivity index is 2.12. The highest BCUT2D eigenvalue weighted by Crippen LogP contribution is 2.20. The van der Waals surface area contributed by atoms with Crippen LogP contribution in [0.15, 0.2) is 29.8 Å². The molecule has 0 saturated carbocycles. The fraction of sp³-hybridized carbons (Fsp3) is 0.273. The van der Waals surface area contributed by atoms with Crippen molar-refractivity contribution in [3.05, 3.63) is 36.0 Å². The monoisotopic (exact) mass is 248 g/mol. The van der Waals surface area contributed by atoms with Crippen LogP contribution in [0.25, 0.3) is 0 Å². The summed E-state index contributed by atoms with van der Waals surface area (Å²) in [6.07, 6.45) is 5.45. The van der Waals surface area contributed by atoms with Gasteiger partial charge in [-0.05, 0) is 11.1 Å². The van der Waals surface area contributed by atoms with Gasteiger partial charge >= 0.3 is 0 Å². The van der Waals surface area contributed by atoms with Crippen LogP contribution in [0.3, 0.4) is 0 Å². The molecule has 0 amide bonds. The minimum Gasteiger partial charge on any atom is -0.363 e. The van der Waals surface area contributed by atoms with Gasteiger partial charge < -0.3 is 5.73 Å². The summed E-state index contributed by atoms with van der Waals surface area (Å²) in [5.74, 6) is 2.19. The van der Waals surface area contributed by atoms with Crippen molar-refractivity contribution in [2.75, 3.05) is 5.73 Å². The van der Waals surface area contributed by atoms with Gasteiger partial charge in [-0.1, -0.05) is 11.8 Å². The van der Waals surface area contributed by atoms with Crippen molar-refractivity contribution in [1.82, 2.24) is 15.0 Å². The molecule has 0 spiro atoms. The first-order valence-electron chi connectivity index (χ1n) is 5.18. The second kappa shape index (κ2) is 5.09. The molecule has 2 N–H and O–H groups in total. The third-order valence-electron chi connectivity index (χ3n) is 2.37. The van der Waals surface area contributed by atoms with Gasteiger partial charge in [0, 0.05) is 25.1 Å². The van der Waals surface area contributed by atoms with E-state index in [1.807, 2.05) is 24.7 Å². The van der Waals surface area contributed by atoms with Gasteiger partial charge in [0.1, 0.15) is 6.20 Å². The molecule has 0 aliphatic rings. The molecule has 2 aromatic rings. The Kier molecular flexibility index (Phi) is 3.53. The van der Waals surface area contributed by atoms with E-state index in [1.165, 1.54) is 0 Å². The molecule has 0 fully saturated rings. The van der Waals surface area contributed by atoms with E-state index >= 15 is 0 Å². The van der Waals surface area contributed by atoms with Gasteiger partial charge in [-0.2, -0.15) is 0 Å². The fourth-order valence-corrected chi connectivity index (χ4v) is 2.11. The summed E-state index contributed by atoms with van der Waals surface area (Å²) in [7, 11) is 1.95. The summed E-state index contributed by atoms with van der Waals surface area (Å²) in [4.78, 5) is 12.6. The van der Waals surface area contributed by atoms with E-state index in [0.717, 1.165) is 22.3 Å². The molecule has 6 heteroatoms.